The Morgan fingerprint density at radius 3 is 2.37 bits per heavy atom. The first-order valence-corrected chi connectivity index (χ1v) is 6.97. The molecular weight excluding hydrogens is 279 g/mol. The van der Waals surface area contributed by atoms with Gasteiger partial charge in [0.05, 0.1) is 0 Å². The molecule has 0 spiro atoms. The summed E-state index contributed by atoms with van der Waals surface area (Å²) >= 11 is 12.3. The molecule has 96 valence electrons. The maximum atomic E-state index is 12.3. The van der Waals surface area contributed by atoms with Crippen molar-refractivity contribution in [2.75, 3.05) is 0 Å². The van der Waals surface area contributed by atoms with Crippen LogP contribution in [0.3, 0.4) is 0 Å². The lowest BCUT2D eigenvalue weighted by Crippen LogP contribution is -2.12. The van der Waals surface area contributed by atoms with Crippen LogP contribution in [-0.4, -0.2) is 5.78 Å². The zero-order chi connectivity index (χ0) is 13.4. The van der Waals surface area contributed by atoms with E-state index in [0.717, 1.165) is 23.1 Å². The monoisotopic (exact) mass is 290 g/mol. The van der Waals surface area contributed by atoms with Crippen LogP contribution in [0.2, 0.25) is 10.0 Å². The molecule has 0 fully saturated rings. The van der Waals surface area contributed by atoms with Crippen molar-refractivity contribution in [2.45, 2.75) is 12.8 Å². The summed E-state index contributed by atoms with van der Waals surface area (Å²) in [6, 6.07) is 13.2. The maximum absolute atomic E-state index is 12.3. The summed E-state index contributed by atoms with van der Waals surface area (Å²) in [6.07, 6.45) is 1.38. The van der Waals surface area contributed by atoms with Gasteiger partial charge in [-0.25, -0.2) is 0 Å². The number of carbonyl (C=O) groups excluding carboxylic acids is 1. The summed E-state index contributed by atoms with van der Waals surface area (Å²) in [5.41, 5.74) is 2.84. The van der Waals surface area contributed by atoms with Crippen LogP contribution >= 0.6 is 23.2 Å². The highest BCUT2D eigenvalue weighted by atomic mass is 35.5. The van der Waals surface area contributed by atoms with Gasteiger partial charge in [0.2, 0.25) is 0 Å². The Hall–Kier alpha value is -1.31. The Morgan fingerprint density at radius 2 is 1.68 bits per heavy atom. The lowest BCUT2D eigenvalue weighted by molar-refractivity contribution is 0.0936. The Morgan fingerprint density at radius 1 is 1.00 bits per heavy atom. The van der Waals surface area contributed by atoms with Gasteiger partial charge in [-0.05, 0) is 36.1 Å². The van der Waals surface area contributed by atoms with E-state index in [1.165, 1.54) is 0 Å². The zero-order valence-corrected chi connectivity index (χ0v) is 11.7. The first kappa shape index (κ1) is 12.7. The molecule has 3 heteroatoms. The molecule has 0 radical (unpaired) electrons. The number of carbonyl (C=O) groups is 1. The molecule has 0 heterocycles. The molecule has 0 N–H and O–H groups in total. The van der Waals surface area contributed by atoms with Crippen molar-refractivity contribution in [3.63, 3.8) is 0 Å². The molecule has 1 nitrogen and oxygen atoms in total. The molecule has 0 saturated heterocycles. The smallest absolute Gasteiger partial charge is 0.166 e. The lowest BCUT2D eigenvalue weighted by atomic mass is 9.95. The van der Waals surface area contributed by atoms with Crippen molar-refractivity contribution in [3.8, 4) is 0 Å². The van der Waals surface area contributed by atoms with Crippen LogP contribution in [-0.2, 0) is 12.8 Å². The molecule has 0 aliphatic heterocycles. The van der Waals surface area contributed by atoms with Crippen LogP contribution < -0.4 is 0 Å². The molecule has 2 aromatic rings. The van der Waals surface area contributed by atoms with Gasteiger partial charge in [0.1, 0.15) is 0 Å². The molecule has 0 amide bonds. The number of halogens is 2. The second-order valence-corrected chi connectivity index (χ2v) is 5.64. The second kappa shape index (κ2) is 4.99. The molecule has 1 unspecified atom stereocenters. The molecule has 3 rings (SSSR count). The van der Waals surface area contributed by atoms with Crippen LogP contribution in [0, 0.1) is 5.92 Å². The van der Waals surface area contributed by atoms with Crippen LogP contribution in [0.5, 0.6) is 0 Å². The predicted molar refractivity (Wildman–Crippen MR) is 78.1 cm³/mol. The van der Waals surface area contributed by atoms with Gasteiger partial charge in [-0.1, -0.05) is 53.5 Å². The third kappa shape index (κ3) is 2.29. The summed E-state index contributed by atoms with van der Waals surface area (Å²) in [7, 11) is 0. The fourth-order valence-corrected chi connectivity index (χ4v) is 3.21. The SMILES string of the molecule is O=C1c2ccccc2CC1Cc1c(Cl)cccc1Cl. The first-order valence-electron chi connectivity index (χ1n) is 6.22. The van der Waals surface area contributed by atoms with Gasteiger partial charge in [-0.2, -0.15) is 0 Å². The zero-order valence-electron chi connectivity index (χ0n) is 10.2. The minimum absolute atomic E-state index is 0.0465. The average molecular weight is 291 g/mol. The van der Waals surface area contributed by atoms with Crippen molar-refractivity contribution in [1.82, 2.24) is 0 Å². The third-order valence-electron chi connectivity index (χ3n) is 3.63. The fraction of sp³-hybridized carbons (Fsp3) is 0.188. The number of hydrogen-bond donors (Lipinski definition) is 0. The Balaban J connectivity index is 1.89. The van der Waals surface area contributed by atoms with E-state index in [9.17, 15) is 4.79 Å². The molecule has 19 heavy (non-hydrogen) atoms. The fourth-order valence-electron chi connectivity index (χ4n) is 2.66. The summed E-state index contributed by atoms with van der Waals surface area (Å²) in [5, 5.41) is 1.27. The van der Waals surface area contributed by atoms with E-state index in [0.29, 0.717) is 16.5 Å². The Kier molecular flexibility index (Phi) is 3.34. The van der Waals surface area contributed by atoms with E-state index >= 15 is 0 Å². The lowest BCUT2D eigenvalue weighted by Gasteiger charge is -2.11. The number of ketones is 1. The van der Waals surface area contributed by atoms with Gasteiger partial charge in [-0.15, -0.1) is 0 Å². The number of rotatable bonds is 2. The quantitative estimate of drug-likeness (QED) is 0.790. The third-order valence-corrected chi connectivity index (χ3v) is 4.34. The molecule has 2 aromatic carbocycles. The van der Waals surface area contributed by atoms with E-state index < -0.39 is 0 Å². The predicted octanol–water partition coefficient (Wildman–Crippen LogP) is 4.59. The van der Waals surface area contributed by atoms with Crippen molar-refractivity contribution < 1.29 is 4.79 Å². The molecule has 1 atom stereocenters. The molecular formula is C16H12Cl2O. The van der Waals surface area contributed by atoms with Crippen LogP contribution in [0.15, 0.2) is 42.5 Å². The van der Waals surface area contributed by atoms with Gasteiger partial charge in [0, 0.05) is 21.5 Å². The number of benzene rings is 2. The Bertz CT molecular complexity index is 629. The van der Waals surface area contributed by atoms with Gasteiger partial charge < -0.3 is 0 Å². The Labute approximate surface area is 122 Å². The van der Waals surface area contributed by atoms with E-state index in [4.69, 9.17) is 23.2 Å². The van der Waals surface area contributed by atoms with Crippen LogP contribution in [0.4, 0.5) is 0 Å². The van der Waals surface area contributed by atoms with Gasteiger partial charge in [0.15, 0.2) is 5.78 Å². The van der Waals surface area contributed by atoms with E-state index in [1.54, 1.807) is 0 Å². The van der Waals surface area contributed by atoms with Crippen molar-refractivity contribution >= 4 is 29.0 Å². The number of hydrogen-bond acceptors (Lipinski definition) is 1. The van der Waals surface area contributed by atoms with Crippen molar-refractivity contribution in [2.24, 2.45) is 5.92 Å². The standard InChI is InChI=1S/C16H12Cl2O/c17-14-6-3-7-15(18)13(14)9-11-8-10-4-1-2-5-12(10)16(11)19/h1-7,11H,8-9H2. The normalized spacial score (nSPS) is 17.6. The number of Topliss-reactive ketones (excluding diaryl/α,β-unsaturated/α-hetero) is 1. The largest absolute Gasteiger partial charge is 0.294 e. The summed E-state index contributed by atoms with van der Waals surface area (Å²) in [4.78, 5) is 12.3. The summed E-state index contributed by atoms with van der Waals surface area (Å²) in [6.45, 7) is 0. The maximum Gasteiger partial charge on any atom is 0.166 e. The highest BCUT2D eigenvalue weighted by Gasteiger charge is 2.30. The minimum atomic E-state index is -0.0465. The molecule has 0 saturated carbocycles. The number of fused-ring (bicyclic) bond motifs is 1. The van der Waals surface area contributed by atoms with E-state index in [2.05, 4.69) is 0 Å². The van der Waals surface area contributed by atoms with Gasteiger partial charge >= 0.3 is 0 Å². The topological polar surface area (TPSA) is 17.1 Å². The van der Waals surface area contributed by atoms with E-state index in [-0.39, 0.29) is 11.7 Å². The molecule has 0 aromatic heterocycles. The van der Waals surface area contributed by atoms with Gasteiger partial charge in [-0.3, -0.25) is 4.79 Å². The summed E-state index contributed by atoms with van der Waals surface area (Å²) < 4.78 is 0. The minimum Gasteiger partial charge on any atom is -0.294 e. The van der Waals surface area contributed by atoms with Crippen LogP contribution in [0.25, 0.3) is 0 Å². The highest BCUT2D eigenvalue weighted by molar-refractivity contribution is 6.36. The first-order chi connectivity index (χ1) is 9.16. The second-order valence-electron chi connectivity index (χ2n) is 4.83. The van der Waals surface area contributed by atoms with Crippen molar-refractivity contribution in [1.29, 1.82) is 0 Å². The average Bonchev–Trinajstić information content (AvgIpc) is 2.72. The van der Waals surface area contributed by atoms with Gasteiger partial charge in [0.25, 0.3) is 0 Å². The summed E-state index contributed by atoms with van der Waals surface area (Å²) in [5.74, 6) is 0.154. The van der Waals surface area contributed by atoms with E-state index in [1.807, 2.05) is 42.5 Å². The molecule has 1 aliphatic carbocycles. The van der Waals surface area contributed by atoms with Crippen LogP contribution in [0.1, 0.15) is 21.5 Å². The molecule has 0 bridgehead atoms. The highest BCUT2D eigenvalue weighted by Crippen LogP contribution is 2.33. The van der Waals surface area contributed by atoms with Crippen molar-refractivity contribution in [3.05, 3.63) is 69.2 Å². The molecule has 1 aliphatic rings.